The second-order valence-corrected chi connectivity index (χ2v) is 6.34. The molecule has 1 aliphatic rings. The molecule has 1 aliphatic carbocycles. The Balaban J connectivity index is 2.09. The Labute approximate surface area is 122 Å². The fourth-order valence-electron chi connectivity index (χ4n) is 3.74. The summed E-state index contributed by atoms with van der Waals surface area (Å²) < 4.78 is 5.42. The minimum Gasteiger partial charge on any atom is -0.496 e. The van der Waals surface area contributed by atoms with Gasteiger partial charge in [0.15, 0.2) is 0 Å². The highest BCUT2D eigenvalue weighted by Crippen LogP contribution is 2.33. The summed E-state index contributed by atoms with van der Waals surface area (Å²) >= 11 is 0. The summed E-state index contributed by atoms with van der Waals surface area (Å²) in [5, 5.41) is 10.4. The first kappa shape index (κ1) is 15.3. The number of hydrogen-bond donors (Lipinski definition) is 1. The maximum absolute atomic E-state index is 10.4. The van der Waals surface area contributed by atoms with E-state index in [4.69, 9.17) is 4.74 Å². The Kier molecular flexibility index (Phi) is 5.06. The molecule has 112 valence electrons. The smallest absolute Gasteiger partial charge is 0.123 e. The molecule has 2 rings (SSSR count). The number of aliphatic hydroxyl groups excluding tert-OH is 1. The Morgan fingerprint density at radius 1 is 1.25 bits per heavy atom. The number of benzene rings is 1. The molecule has 3 nitrogen and oxygen atoms in total. The first-order valence-electron chi connectivity index (χ1n) is 7.53. The van der Waals surface area contributed by atoms with Crippen molar-refractivity contribution in [2.75, 3.05) is 14.2 Å². The van der Waals surface area contributed by atoms with Crippen molar-refractivity contribution in [1.29, 1.82) is 0 Å². The fourth-order valence-corrected chi connectivity index (χ4v) is 3.74. The van der Waals surface area contributed by atoms with Crippen LogP contribution in [0.25, 0.3) is 0 Å². The molecule has 0 radical (unpaired) electrons. The van der Waals surface area contributed by atoms with Gasteiger partial charge >= 0.3 is 0 Å². The molecular formula is C17H27NO2. The van der Waals surface area contributed by atoms with E-state index in [9.17, 15) is 5.11 Å². The summed E-state index contributed by atoms with van der Waals surface area (Å²) in [6, 6.07) is 8.34. The standard InChI is InChI=1S/C17H27NO2/c1-12-9-13(2)17(15(19)10-12)18(3)11-14-7-5-6-8-16(14)20-4/h5-8,12-13,15,17,19H,9-11H2,1-4H3. The van der Waals surface area contributed by atoms with Crippen LogP contribution in [0.4, 0.5) is 0 Å². The second kappa shape index (κ2) is 6.59. The van der Waals surface area contributed by atoms with Gasteiger partial charge in [0.1, 0.15) is 5.75 Å². The summed E-state index contributed by atoms with van der Waals surface area (Å²) in [5.74, 6) is 2.06. The molecule has 0 aromatic heterocycles. The third-order valence-electron chi connectivity index (χ3n) is 4.52. The largest absolute Gasteiger partial charge is 0.496 e. The van der Waals surface area contributed by atoms with Gasteiger partial charge in [-0.2, -0.15) is 0 Å². The maximum atomic E-state index is 10.4. The number of aliphatic hydroxyl groups is 1. The van der Waals surface area contributed by atoms with E-state index in [-0.39, 0.29) is 12.1 Å². The average Bonchev–Trinajstić information content (AvgIpc) is 2.38. The Bertz CT molecular complexity index is 423. The number of methoxy groups -OCH3 is 1. The number of para-hydroxylation sites is 1. The molecule has 1 fully saturated rings. The number of likely N-dealkylation sites (N-methyl/N-ethyl adjacent to an activating group) is 1. The predicted octanol–water partition coefficient (Wildman–Crippen LogP) is 2.92. The zero-order valence-electron chi connectivity index (χ0n) is 13.0. The highest BCUT2D eigenvalue weighted by Gasteiger charge is 2.35. The van der Waals surface area contributed by atoms with Crippen molar-refractivity contribution in [3.05, 3.63) is 29.8 Å². The minimum absolute atomic E-state index is 0.228. The molecule has 1 saturated carbocycles. The van der Waals surface area contributed by atoms with Crippen molar-refractivity contribution >= 4 is 0 Å². The van der Waals surface area contributed by atoms with E-state index in [0.29, 0.717) is 11.8 Å². The normalized spacial score (nSPS) is 30.5. The van der Waals surface area contributed by atoms with Crippen LogP contribution < -0.4 is 4.74 Å². The van der Waals surface area contributed by atoms with E-state index >= 15 is 0 Å². The monoisotopic (exact) mass is 277 g/mol. The number of ether oxygens (including phenoxy) is 1. The topological polar surface area (TPSA) is 32.7 Å². The van der Waals surface area contributed by atoms with Gasteiger partial charge in [-0.15, -0.1) is 0 Å². The molecule has 20 heavy (non-hydrogen) atoms. The van der Waals surface area contributed by atoms with Crippen LogP contribution in [0.3, 0.4) is 0 Å². The molecule has 1 aromatic carbocycles. The van der Waals surface area contributed by atoms with E-state index in [2.05, 4.69) is 31.9 Å². The lowest BCUT2D eigenvalue weighted by Crippen LogP contribution is -2.49. The van der Waals surface area contributed by atoms with Gasteiger partial charge in [0, 0.05) is 18.2 Å². The van der Waals surface area contributed by atoms with Crippen LogP contribution in [0.5, 0.6) is 5.75 Å². The predicted molar refractivity (Wildman–Crippen MR) is 81.8 cm³/mol. The lowest BCUT2D eigenvalue weighted by Gasteiger charge is -2.42. The van der Waals surface area contributed by atoms with E-state index in [1.807, 2.05) is 18.2 Å². The lowest BCUT2D eigenvalue weighted by atomic mass is 9.77. The van der Waals surface area contributed by atoms with Gasteiger partial charge in [0.05, 0.1) is 13.2 Å². The highest BCUT2D eigenvalue weighted by atomic mass is 16.5. The molecule has 3 heteroatoms. The third-order valence-corrected chi connectivity index (χ3v) is 4.52. The Hall–Kier alpha value is -1.06. The number of rotatable bonds is 4. The van der Waals surface area contributed by atoms with Gasteiger partial charge in [-0.05, 0) is 37.8 Å². The molecule has 0 spiro atoms. The molecular weight excluding hydrogens is 250 g/mol. The molecule has 4 unspecified atom stereocenters. The van der Waals surface area contributed by atoms with Crippen molar-refractivity contribution in [1.82, 2.24) is 4.90 Å². The number of nitrogens with zero attached hydrogens (tertiary/aromatic N) is 1. The van der Waals surface area contributed by atoms with Gasteiger partial charge < -0.3 is 9.84 Å². The fraction of sp³-hybridized carbons (Fsp3) is 0.647. The first-order valence-corrected chi connectivity index (χ1v) is 7.53. The summed E-state index contributed by atoms with van der Waals surface area (Å²) in [6.07, 6.45) is 1.87. The van der Waals surface area contributed by atoms with Gasteiger partial charge in [0.2, 0.25) is 0 Å². The summed E-state index contributed by atoms with van der Waals surface area (Å²) in [4.78, 5) is 2.28. The maximum Gasteiger partial charge on any atom is 0.123 e. The average molecular weight is 277 g/mol. The van der Waals surface area contributed by atoms with Crippen molar-refractivity contribution in [3.63, 3.8) is 0 Å². The zero-order chi connectivity index (χ0) is 14.7. The third kappa shape index (κ3) is 3.33. The van der Waals surface area contributed by atoms with E-state index in [1.165, 1.54) is 12.0 Å². The van der Waals surface area contributed by atoms with Crippen LogP contribution in [0.2, 0.25) is 0 Å². The SMILES string of the molecule is COc1ccccc1CN(C)C1C(C)CC(C)CC1O. The quantitative estimate of drug-likeness (QED) is 0.918. The van der Waals surface area contributed by atoms with Gasteiger partial charge in [-0.25, -0.2) is 0 Å². The summed E-state index contributed by atoms with van der Waals surface area (Å²) in [6.45, 7) is 5.29. The molecule has 0 aliphatic heterocycles. The van der Waals surface area contributed by atoms with Crippen LogP contribution in [-0.2, 0) is 6.54 Å². The van der Waals surface area contributed by atoms with Crippen molar-refractivity contribution in [3.8, 4) is 5.75 Å². The van der Waals surface area contributed by atoms with E-state index < -0.39 is 0 Å². The Morgan fingerprint density at radius 2 is 1.95 bits per heavy atom. The lowest BCUT2D eigenvalue weighted by molar-refractivity contribution is -0.0172. The van der Waals surface area contributed by atoms with E-state index in [0.717, 1.165) is 18.7 Å². The highest BCUT2D eigenvalue weighted by molar-refractivity contribution is 5.33. The molecule has 4 atom stereocenters. The summed E-state index contributed by atoms with van der Waals surface area (Å²) in [7, 11) is 3.81. The number of hydrogen-bond acceptors (Lipinski definition) is 3. The van der Waals surface area contributed by atoms with Crippen LogP contribution >= 0.6 is 0 Å². The van der Waals surface area contributed by atoms with Gasteiger partial charge in [-0.3, -0.25) is 4.90 Å². The molecule has 0 heterocycles. The van der Waals surface area contributed by atoms with Crippen molar-refractivity contribution in [2.24, 2.45) is 11.8 Å². The Morgan fingerprint density at radius 3 is 2.60 bits per heavy atom. The molecule has 1 aromatic rings. The van der Waals surface area contributed by atoms with Gasteiger partial charge in [-0.1, -0.05) is 32.0 Å². The van der Waals surface area contributed by atoms with Crippen molar-refractivity contribution < 1.29 is 9.84 Å². The van der Waals surface area contributed by atoms with E-state index in [1.54, 1.807) is 7.11 Å². The zero-order valence-corrected chi connectivity index (χ0v) is 13.0. The second-order valence-electron chi connectivity index (χ2n) is 6.34. The van der Waals surface area contributed by atoms with Crippen LogP contribution in [-0.4, -0.2) is 36.3 Å². The van der Waals surface area contributed by atoms with Crippen LogP contribution in [0.1, 0.15) is 32.3 Å². The van der Waals surface area contributed by atoms with Crippen LogP contribution in [0.15, 0.2) is 24.3 Å². The molecule has 0 saturated heterocycles. The summed E-state index contributed by atoms with van der Waals surface area (Å²) in [5.41, 5.74) is 1.18. The molecule has 1 N–H and O–H groups in total. The first-order chi connectivity index (χ1) is 9.52. The minimum atomic E-state index is -0.228. The molecule has 0 bridgehead atoms. The van der Waals surface area contributed by atoms with Gasteiger partial charge in [0.25, 0.3) is 0 Å². The molecule has 0 amide bonds. The van der Waals surface area contributed by atoms with Crippen LogP contribution in [0, 0.1) is 11.8 Å². The van der Waals surface area contributed by atoms with Crippen molar-refractivity contribution in [2.45, 2.75) is 45.4 Å².